The molecule has 2 N–H and O–H groups in total. The predicted octanol–water partition coefficient (Wildman–Crippen LogP) is 4.36. The largest absolute Gasteiger partial charge is 0.388 e. The standard InChI is InChI=1S/C16H15Cl2NO2/c1-10-3-2-4-13(16(10)18)19-15(21)9-14(20)11-5-7-12(17)8-6-11/h2-8,14,20H,9H2,1H3,(H,19,21). The number of hydrogen-bond donors (Lipinski definition) is 2. The van der Waals surface area contributed by atoms with Crippen molar-refractivity contribution in [3.05, 3.63) is 63.6 Å². The van der Waals surface area contributed by atoms with Crippen molar-refractivity contribution in [1.82, 2.24) is 0 Å². The summed E-state index contributed by atoms with van der Waals surface area (Å²) in [5.41, 5.74) is 2.07. The molecule has 0 fully saturated rings. The number of benzene rings is 2. The molecule has 0 radical (unpaired) electrons. The van der Waals surface area contributed by atoms with Gasteiger partial charge in [-0.2, -0.15) is 0 Å². The van der Waals surface area contributed by atoms with E-state index in [4.69, 9.17) is 23.2 Å². The van der Waals surface area contributed by atoms with Crippen LogP contribution in [0.3, 0.4) is 0 Å². The molecule has 0 aliphatic heterocycles. The summed E-state index contributed by atoms with van der Waals surface area (Å²) >= 11 is 11.9. The third kappa shape index (κ3) is 4.21. The molecule has 0 aliphatic rings. The number of aliphatic hydroxyl groups is 1. The van der Waals surface area contributed by atoms with Crippen LogP contribution in [0, 0.1) is 6.92 Å². The van der Waals surface area contributed by atoms with E-state index in [1.807, 2.05) is 19.1 Å². The Kier molecular flexibility index (Phi) is 5.23. The molecule has 21 heavy (non-hydrogen) atoms. The molecule has 0 saturated heterocycles. The van der Waals surface area contributed by atoms with Crippen LogP contribution >= 0.6 is 23.2 Å². The number of amides is 1. The summed E-state index contributed by atoms with van der Waals surface area (Å²) in [6.07, 6.45) is -0.933. The average molecular weight is 324 g/mol. The highest BCUT2D eigenvalue weighted by molar-refractivity contribution is 6.34. The van der Waals surface area contributed by atoms with Gasteiger partial charge in [-0.1, -0.05) is 47.5 Å². The Bertz CT molecular complexity index is 641. The van der Waals surface area contributed by atoms with Gasteiger partial charge in [-0.3, -0.25) is 4.79 Å². The van der Waals surface area contributed by atoms with E-state index in [0.29, 0.717) is 21.3 Å². The maximum atomic E-state index is 12.0. The van der Waals surface area contributed by atoms with Crippen molar-refractivity contribution in [3.63, 3.8) is 0 Å². The summed E-state index contributed by atoms with van der Waals surface area (Å²) in [6.45, 7) is 1.86. The summed E-state index contributed by atoms with van der Waals surface area (Å²) in [6, 6.07) is 12.1. The minimum absolute atomic E-state index is 0.0497. The van der Waals surface area contributed by atoms with Crippen molar-refractivity contribution >= 4 is 34.8 Å². The lowest BCUT2D eigenvalue weighted by atomic mass is 10.1. The Morgan fingerprint density at radius 3 is 2.52 bits per heavy atom. The van der Waals surface area contributed by atoms with Crippen LogP contribution in [0.15, 0.2) is 42.5 Å². The zero-order chi connectivity index (χ0) is 15.4. The lowest BCUT2D eigenvalue weighted by molar-refractivity contribution is -0.118. The van der Waals surface area contributed by atoms with Gasteiger partial charge in [-0.25, -0.2) is 0 Å². The summed E-state index contributed by atoms with van der Waals surface area (Å²) in [5, 5.41) is 13.8. The molecule has 0 aliphatic carbocycles. The molecule has 2 rings (SSSR count). The second kappa shape index (κ2) is 6.94. The first kappa shape index (κ1) is 15.8. The van der Waals surface area contributed by atoms with Gasteiger partial charge in [0.05, 0.1) is 23.2 Å². The fourth-order valence-electron chi connectivity index (χ4n) is 1.92. The van der Waals surface area contributed by atoms with E-state index in [1.54, 1.807) is 30.3 Å². The lowest BCUT2D eigenvalue weighted by Crippen LogP contribution is -2.15. The number of aryl methyl sites for hydroxylation is 1. The molecule has 0 heterocycles. The van der Waals surface area contributed by atoms with Gasteiger partial charge in [-0.05, 0) is 36.2 Å². The highest BCUT2D eigenvalue weighted by atomic mass is 35.5. The SMILES string of the molecule is Cc1cccc(NC(=O)CC(O)c2ccc(Cl)cc2)c1Cl. The Labute approximate surface area is 133 Å². The zero-order valence-electron chi connectivity index (χ0n) is 11.4. The van der Waals surface area contributed by atoms with E-state index < -0.39 is 6.10 Å². The van der Waals surface area contributed by atoms with Crippen molar-refractivity contribution < 1.29 is 9.90 Å². The molecule has 0 spiro atoms. The van der Waals surface area contributed by atoms with Crippen molar-refractivity contribution in [1.29, 1.82) is 0 Å². The average Bonchev–Trinajstić information content (AvgIpc) is 2.44. The van der Waals surface area contributed by atoms with Gasteiger partial charge in [0.15, 0.2) is 0 Å². The van der Waals surface area contributed by atoms with E-state index in [-0.39, 0.29) is 12.3 Å². The highest BCUT2D eigenvalue weighted by Gasteiger charge is 2.14. The fourth-order valence-corrected chi connectivity index (χ4v) is 2.22. The Balaban J connectivity index is 2.01. The molecule has 2 aromatic carbocycles. The second-order valence-corrected chi connectivity index (χ2v) is 5.57. The molecule has 1 unspecified atom stereocenters. The van der Waals surface area contributed by atoms with E-state index in [0.717, 1.165) is 5.56 Å². The number of carbonyl (C=O) groups is 1. The molecule has 1 amide bonds. The molecule has 3 nitrogen and oxygen atoms in total. The summed E-state index contributed by atoms with van der Waals surface area (Å²) in [4.78, 5) is 12.0. The van der Waals surface area contributed by atoms with Crippen molar-refractivity contribution in [2.75, 3.05) is 5.32 Å². The van der Waals surface area contributed by atoms with Gasteiger partial charge < -0.3 is 10.4 Å². The van der Waals surface area contributed by atoms with Gasteiger partial charge in [0.2, 0.25) is 5.91 Å². The second-order valence-electron chi connectivity index (χ2n) is 4.76. The molecule has 0 bridgehead atoms. The third-order valence-corrected chi connectivity index (χ3v) is 3.85. The molecule has 5 heteroatoms. The first-order valence-electron chi connectivity index (χ1n) is 6.46. The Hall–Kier alpha value is -1.55. The van der Waals surface area contributed by atoms with E-state index in [2.05, 4.69) is 5.32 Å². The van der Waals surface area contributed by atoms with Crippen molar-refractivity contribution in [2.45, 2.75) is 19.4 Å². The van der Waals surface area contributed by atoms with Crippen LogP contribution in [0.1, 0.15) is 23.7 Å². The van der Waals surface area contributed by atoms with Gasteiger partial charge in [0.25, 0.3) is 0 Å². The fraction of sp³-hybridized carbons (Fsp3) is 0.188. The number of carbonyl (C=O) groups excluding carboxylic acids is 1. The topological polar surface area (TPSA) is 49.3 Å². The highest BCUT2D eigenvalue weighted by Crippen LogP contribution is 2.26. The summed E-state index contributed by atoms with van der Waals surface area (Å²) in [7, 11) is 0. The number of nitrogens with one attached hydrogen (secondary N) is 1. The quantitative estimate of drug-likeness (QED) is 0.878. The van der Waals surface area contributed by atoms with Crippen molar-refractivity contribution in [2.24, 2.45) is 0 Å². The molecule has 2 aromatic rings. The van der Waals surface area contributed by atoms with Gasteiger partial charge in [0.1, 0.15) is 0 Å². The monoisotopic (exact) mass is 323 g/mol. The van der Waals surface area contributed by atoms with Crippen LogP contribution in [0.25, 0.3) is 0 Å². The van der Waals surface area contributed by atoms with E-state index in [1.165, 1.54) is 0 Å². The summed E-state index contributed by atoms with van der Waals surface area (Å²) in [5.74, 6) is -0.301. The van der Waals surface area contributed by atoms with Gasteiger partial charge in [0, 0.05) is 5.02 Å². The molecule has 1 atom stereocenters. The number of halogens is 2. The van der Waals surface area contributed by atoms with Gasteiger partial charge in [-0.15, -0.1) is 0 Å². The minimum atomic E-state index is -0.883. The van der Waals surface area contributed by atoms with E-state index in [9.17, 15) is 9.90 Å². The van der Waals surface area contributed by atoms with Crippen LogP contribution in [-0.2, 0) is 4.79 Å². The number of rotatable bonds is 4. The first-order chi connectivity index (χ1) is 9.97. The smallest absolute Gasteiger partial charge is 0.227 e. The molecular weight excluding hydrogens is 309 g/mol. The molecule has 0 saturated carbocycles. The van der Waals surface area contributed by atoms with Crippen LogP contribution in [0.5, 0.6) is 0 Å². The lowest BCUT2D eigenvalue weighted by Gasteiger charge is -2.13. The zero-order valence-corrected chi connectivity index (χ0v) is 12.9. The summed E-state index contributed by atoms with van der Waals surface area (Å²) < 4.78 is 0. The maximum absolute atomic E-state index is 12.0. The Morgan fingerprint density at radius 1 is 1.19 bits per heavy atom. The van der Waals surface area contributed by atoms with Crippen LogP contribution in [-0.4, -0.2) is 11.0 Å². The minimum Gasteiger partial charge on any atom is -0.388 e. The van der Waals surface area contributed by atoms with Crippen LogP contribution < -0.4 is 5.32 Å². The first-order valence-corrected chi connectivity index (χ1v) is 7.21. The number of hydrogen-bond acceptors (Lipinski definition) is 2. The predicted molar refractivity (Wildman–Crippen MR) is 85.8 cm³/mol. The third-order valence-electron chi connectivity index (χ3n) is 3.10. The maximum Gasteiger partial charge on any atom is 0.227 e. The van der Waals surface area contributed by atoms with E-state index >= 15 is 0 Å². The number of anilines is 1. The van der Waals surface area contributed by atoms with Gasteiger partial charge >= 0.3 is 0 Å². The van der Waals surface area contributed by atoms with Crippen molar-refractivity contribution in [3.8, 4) is 0 Å². The van der Waals surface area contributed by atoms with Crippen LogP contribution in [0.4, 0.5) is 5.69 Å². The normalized spacial score (nSPS) is 12.0. The molecule has 0 aromatic heterocycles. The molecule has 110 valence electrons. The molecular formula is C16H15Cl2NO2. The number of aliphatic hydroxyl groups excluding tert-OH is 1. The van der Waals surface area contributed by atoms with Crippen LogP contribution in [0.2, 0.25) is 10.0 Å². The Morgan fingerprint density at radius 2 is 1.86 bits per heavy atom.